The van der Waals surface area contributed by atoms with Crippen molar-refractivity contribution in [3.05, 3.63) is 0 Å². The SMILES string of the molecule is CCC[N+]1=C(C)N(C)CC1C. The van der Waals surface area contributed by atoms with Gasteiger partial charge < -0.3 is 0 Å². The molecule has 64 valence electrons. The molecule has 0 N–H and O–H groups in total. The molecule has 2 heteroatoms. The molecule has 0 aliphatic carbocycles. The van der Waals surface area contributed by atoms with Crippen LogP contribution in [0.1, 0.15) is 27.2 Å². The van der Waals surface area contributed by atoms with Gasteiger partial charge in [0.1, 0.15) is 12.6 Å². The summed E-state index contributed by atoms with van der Waals surface area (Å²) in [4.78, 5) is 2.33. The molecule has 1 heterocycles. The molecular weight excluding hydrogens is 136 g/mol. The second kappa shape index (κ2) is 3.24. The molecule has 1 unspecified atom stereocenters. The average molecular weight is 155 g/mol. The van der Waals surface area contributed by atoms with Gasteiger partial charge in [0.05, 0.1) is 13.6 Å². The Labute approximate surface area is 69.5 Å². The molecular formula is C9H19N2+. The molecule has 0 aromatic heterocycles. The molecule has 0 spiro atoms. The standard InChI is InChI=1S/C9H19N2/c1-5-6-11-8(2)7-10(4)9(11)3/h8H,5-7H2,1-4H3/q+1. The van der Waals surface area contributed by atoms with Gasteiger partial charge in [0.15, 0.2) is 0 Å². The van der Waals surface area contributed by atoms with Crippen molar-refractivity contribution in [2.24, 2.45) is 0 Å². The second-order valence-corrected chi connectivity index (χ2v) is 3.47. The van der Waals surface area contributed by atoms with Crippen LogP contribution in [0.2, 0.25) is 0 Å². The van der Waals surface area contributed by atoms with Crippen LogP contribution in [0.3, 0.4) is 0 Å². The Morgan fingerprint density at radius 1 is 1.64 bits per heavy atom. The largest absolute Gasteiger partial charge is 0.264 e. The number of nitrogens with zero attached hydrogens (tertiary/aromatic N) is 2. The fraction of sp³-hybridized carbons (Fsp3) is 0.889. The van der Waals surface area contributed by atoms with Crippen molar-refractivity contribution in [3.8, 4) is 0 Å². The summed E-state index contributed by atoms with van der Waals surface area (Å²) < 4.78 is 2.49. The first-order valence-electron chi connectivity index (χ1n) is 4.48. The Morgan fingerprint density at radius 3 is 2.64 bits per heavy atom. The summed E-state index contributed by atoms with van der Waals surface area (Å²) in [6, 6.07) is 0.708. The number of hydrogen-bond acceptors (Lipinski definition) is 1. The zero-order valence-electron chi connectivity index (χ0n) is 8.09. The number of amidine groups is 1. The van der Waals surface area contributed by atoms with E-state index in [1.807, 2.05) is 0 Å². The van der Waals surface area contributed by atoms with E-state index in [0.717, 1.165) is 0 Å². The van der Waals surface area contributed by atoms with Gasteiger partial charge in [0.25, 0.3) is 0 Å². The van der Waals surface area contributed by atoms with Crippen molar-refractivity contribution in [1.82, 2.24) is 4.90 Å². The van der Waals surface area contributed by atoms with E-state index in [1.54, 1.807) is 0 Å². The first-order chi connectivity index (χ1) is 5.16. The van der Waals surface area contributed by atoms with Crippen LogP contribution in [0.4, 0.5) is 0 Å². The van der Waals surface area contributed by atoms with Crippen molar-refractivity contribution < 1.29 is 4.58 Å². The molecule has 0 saturated carbocycles. The molecule has 0 amide bonds. The minimum atomic E-state index is 0.708. The molecule has 0 aromatic rings. The van der Waals surface area contributed by atoms with Crippen LogP contribution in [-0.2, 0) is 0 Å². The van der Waals surface area contributed by atoms with Gasteiger partial charge in [-0.3, -0.25) is 9.48 Å². The van der Waals surface area contributed by atoms with Crippen LogP contribution in [0.15, 0.2) is 0 Å². The Morgan fingerprint density at radius 2 is 2.27 bits per heavy atom. The van der Waals surface area contributed by atoms with E-state index in [-0.39, 0.29) is 0 Å². The molecule has 11 heavy (non-hydrogen) atoms. The molecule has 0 saturated heterocycles. The zero-order valence-corrected chi connectivity index (χ0v) is 8.09. The third kappa shape index (κ3) is 1.55. The van der Waals surface area contributed by atoms with E-state index in [4.69, 9.17) is 0 Å². The van der Waals surface area contributed by atoms with Crippen LogP contribution in [-0.4, -0.2) is 41.5 Å². The highest BCUT2D eigenvalue weighted by Gasteiger charge is 2.28. The molecule has 2 nitrogen and oxygen atoms in total. The summed E-state index contributed by atoms with van der Waals surface area (Å²) in [6.07, 6.45) is 1.25. The normalized spacial score (nSPS) is 25.1. The van der Waals surface area contributed by atoms with Gasteiger partial charge in [-0.05, 0) is 13.3 Å². The minimum Gasteiger partial charge on any atom is -0.264 e. The first kappa shape index (κ1) is 8.57. The first-order valence-corrected chi connectivity index (χ1v) is 4.48. The van der Waals surface area contributed by atoms with Crippen molar-refractivity contribution in [2.75, 3.05) is 20.1 Å². The van der Waals surface area contributed by atoms with E-state index in [9.17, 15) is 0 Å². The summed E-state index contributed by atoms with van der Waals surface area (Å²) in [6.45, 7) is 9.13. The van der Waals surface area contributed by atoms with Gasteiger partial charge in [-0.15, -0.1) is 0 Å². The highest BCUT2D eigenvalue weighted by Crippen LogP contribution is 2.06. The lowest BCUT2D eigenvalue weighted by Crippen LogP contribution is -2.23. The fourth-order valence-corrected chi connectivity index (χ4v) is 1.79. The third-order valence-electron chi connectivity index (χ3n) is 2.50. The predicted molar refractivity (Wildman–Crippen MR) is 48.2 cm³/mol. The molecule has 1 aliphatic rings. The Bertz CT molecular complexity index is 172. The lowest BCUT2D eigenvalue weighted by Gasteiger charge is -2.04. The van der Waals surface area contributed by atoms with Crippen LogP contribution < -0.4 is 0 Å². The van der Waals surface area contributed by atoms with Gasteiger partial charge >= 0.3 is 0 Å². The molecule has 0 aromatic carbocycles. The summed E-state index contributed by atoms with van der Waals surface area (Å²) in [5, 5.41) is 0. The number of hydrogen-bond donors (Lipinski definition) is 0. The average Bonchev–Trinajstić information content (AvgIpc) is 2.17. The van der Waals surface area contributed by atoms with Crippen LogP contribution in [0.25, 0.3) is 0 Å². The minimum absolute atomic E-state index is 0.708. The molecule has 1 aliphatic heterocycles. The Kier molecular flexibility index (Phi) is 2.53. The molecule has 0 bridgehead atoms. The smallest absolute Gasteiger partial charge is 0.243 e. The molecule has 1 atom stereocenters. The van der Waals surface area contributed by atoms with E-state index >= 15 is 0 Å². The van der Waals surface area contributed by atoms with E-state index < -0.39 is 0 Å². The van der Waals surface area contributed by atoms with Crippen molar-refractivity contribution >= 4 is 5.84 Å². The second-order valence-electron chi connectivity index (χ2n) is 3.47. The highest BCUT2D eigenvalue weighted by molar-refractivity contribution is 5.75. The predicted octanol–water partition coefficient (Wildman–Crippen LogP) is 1.16. The van der Waals surface area contributed by atoms with Gasteiger partial charge in [0, 0.05) is 6.92 Å². The molecule has 0 radical (unpaired) electrons. The van der Waals surface area contributed by atoms with Crippen molar-refractivity contribution in [2.45, 2.75) is 33.2 Å². The monoisotopic (exact) mass is 155 g/mol. The maximum Gasteiger partial charge on any atom is 0.243 e. The maximum atomic E-state index is 2.49. The van der Waals surface area contributed by atoms with Gasteiger partial charge in [0.2, 0.25) is 5.84 Å². The lowest BCUT2D eigenvalue weighted by molar-refractivity contribution is -0.552. The Hall–Kier alpha value is -0.530. The van der Waals surface area contributed by atoms with E-state index in [2.05, 4.69) is 37.3 Å². The van der Waals surface area contributed by atoms with Crippen LogP contribution in [0, 0.1) is 0 Å². The Balaban J connectivity index is 2.70. The summed E-state index contributed by atoms with van der Waals surface area (Å²) in [5.74, 6) is 1.43. The van der Waals surface area contributed by atoms with Crippen molar-refractivity contribution in [1.29, 1.82) is 0 Å². The van der Waals surface area contributed by atoms with E-state index in [0.29, 0.717) is 6.04 Å². The van der Waals surface area contributed by atoms with Crippen LogP contribution >= 0.6 is 0 Å². The zero-order chi connectivity index (χ0) is 8.43. The van der Waals surface area contributed by atoms with Gasteiger partial charge in [-0.25, -0.2) is 0 Å². The fourth-order valence-electron chi connectivity index (χ4n) is 1.79. The highest BCUT2D eigenvalue weighted by atomic mass is 15.3. The summed E-state index contributed by atoms with van der Waals surface area (Å²) >= 11 is 0. The van der Waals surface area contributed by atoms with Gasteiger partial charge in [-0.2, -0.15) is 0 Å². The molecule has 1 rings (SSSR count). The topological polar surface area (TPSA) is 6.25 Å². The number of likely N-dealkylation sites (N-methyl/N-ethyl adjacent to an activating group) is 1. The lowest BCUT2D eigenvalue weighted by atomic mass is 10.3. The summed E-state index contributed by atoms with van der Waals surface area (Å²) in [7, 11) is 2.17. The van der Waals surface area contributed by atoms with Crippen molar-refractivity contribution in [3.63, 3.8) is 0 Å². The van der Waals surface area contributed by atoms with Gasteiger partial charge in [-0.1, -0.05) is 6.92 Å². The molecule has 0 fully saturated rings. The van der Waals surface area contributed by atoms with E-state index in [1.165, 1.54) is 25.3 Å². The maximum absolute atomic E-state index is 2.49. The third-order valence-corrected chi connectivity index (χ3v) is 2.50. The number of rotatable bonds is 2. The van der Waals surface area contributed by atoms with Crippen LogP contribution in [0.5, 0.6) is 0 Å². The quantitative estimate of drug-likeness (QED) is 0.542. The summed E-state index contributed by atoms with van der Waals surface area (Å²) in [5.41, 5.74) is 0.